The van der Waals surface area contributed by atoms with Crippen LogP contribution < -0.4 is 0 Å². The number of halogens is 1. The molecule has 34 heavy (non-hydrogen) atoms. The zero-order valence-corrected chi connectivity index (χ0v) is 21.2. The van der Waals surface area contributed by atoms with Gasteiger partial charge in [0.15, 0.2) is 0 Å². The highest BCUT2D eigenvalue weighted by molar-refractivity contribution is 6.33. The standard InChI is InChI=1S/C31H37ClN2/c1-24-12-17-31(32)30(20-24)27-15-13-26(14-16-27)22-33-18-19-34(28-10-6-3-7-11-28)29(23-33)21-25-8-4-2-5-9-25/h2,4-5,8-9,12-17,20,28-29H,3,6-7,10-11,18-19,21-23H2,1H3. The molecule has 3 aromatic rings. The van der Waals surface area contributed by atoms with Gasteiger partial charge < -0.3 is 0 Å². The fourth-order valence-corrected chi connectivity index (χ4v) is 6.17. The molecule has 0 aromatic heterocycles. The summed E-state index contributed by atoms with van der Waals surface area (Å²) >= 11 is 6.47. The minimum atomic E-state index is 0.602. The van der Waals surface area contributed by atoms with Crippen molar-refractivity contribution in [1.29, 1.82) is 0 Å². The molecule has 0 N–H and O–H groups in total. The van der Waals surface area contributed by atoms with Crippen LogP contribution >= 0.6 is 11.6 Å². The van der Waals surface area contributed by atoms with Gasteiger partial charge in [-0.25, -0.2) is 0 Å². The van der Waals surface area contributed by atoms with Crippen molar-refractivity contribution in [1.82, 2.24) is 9.80 Å². The number of hydrogen-bond donors (Lipinski definition) is 0. The number of rotatable bonds is 6. The fourth-order valence-electron chi connectivity index (χ4n) is 5.95. The molecule has 3 heteroatoms. The Labute approximate surface area is 210 Å². The number of aryl methyl sites for hydroxylation is 1. The Hall–Kier alpha value is -2.13. The quantitative estimate of drug-likeness (QED) is 0.369. The van der Waals surface area contributed by atoms with Crippen molar-refractivity contribution in [2.75, 3.05) is 19.6 Å². The van der Waals surface area contributed by atoms with E-state index in [1.165, 1.54) is 60.9 Å². The van der Waals surface area contributed by atoms with Gasteiger partial charge in [0, 0.05) is 48.8 Å². The van der Waals surface area contributed by atoms with E-state index in [0.29, 0.717) is 6.04 Å². The lowest BCUT2D eigenvalue weighted by atomic mass is 9.91. The van der Waals surface area contributed by atoms with E-state index < -0.39 is 0 Å². The van der Waals surface area contributed by atoms with Gasteiger partial charge in [-0.15, -0.1) is 0 Å². The third-order valence-corrected chi connectivity index (χ3v) is 8.09. The van der Waals surface area contributed by atoms with Gasteiger partial charge in [0.2, 0.25) is 0 Å². The van der Waals surface area contributed by atoms with Gasteiger partial charge in [-0.2, -0.15) is 0 Å². The van der Waals surface area contributed by atoms with Crippen LogP contribution in [0.1, 0.15) is 48.8 Å². The molecule has 1 aliphatic carbocycles. The van der Waals surface area contributed by atoms with Crippen molar-refractivity contribution >= 4 is 11.6 Å². The Morgan fingerprint density at radius 3 is 2.35 bits per heavy atom. The molecule has 1 aliphatic heterocycles. The number of benzene rings is 3. The first-order chi connectivity index (χ1) is 16.7. The second-order valence-electron chi connectivity index (χ2n) is 10.3. The predicted molar refractivity (Wildman–Crippen MR) is 144 cm³/mol. The fraction of sp³-hybridized carbons (Fsp3) is 0.419. The molecular weight excluding hydrogens is 436 g/mol. The molecule has 2 fully saturated rings. The number of nitrogens with zero attached hydrogens (tertiary/aromatic N) is 2. The molecule has 1 saturated carbocycles. The lowest BCUT2D eigenvalue weighted by molar-refractivity contribution is 0.0242. The molecule has 1 saturated heterocycles. The Bertz CT molecular complexity index is 1060. The summed E-state index contributed by atoms with van der Waals surface area (Å²) in [5.41, 5.74) is 6.41. The summed E-state index contributed by atoms with van der Waals surface area (Å²) in [5.74, 6) is 0. The predicted octanol–water partition coefficient (Wildman–Crippen LogP) is 7.38. The van der Waals surface area contributed by atoms with Crippen molar-refractivity contribution in [3.8, 4) is 11.1 Å². The molecule has 0 radical (unpaired) electrons. The first-order valence-electron chi connectivity index (χ1n) is 13.0. The molecule has 3 aromatic carbocycles. The second kappa shape index (κ2) is 11.1. The Kier molecular flexibility index (Phi) is 7.69. The summed E-state index contributed by atoms with van der Waals surface area (Å²) in [7, 11) is 0. The molecule has 5 rings (SSSR count). The summed E-state index contributed by atoms with van der Waals surface area (Å²) in [4.78, 5) is 5.53. The third kappa shape index (κ3) is 5.74. The highest BCUT2D eigenvalue weighted by atomic mass is 35.5. The molecule has 0 bridgehead atoms. The molecule has 1 heterocycles. The molecule has 1 atom stereocenters. The Morgan fingerprint density at radius 1 is 0.824 bits per heavy atom. The van der Waals surface area contributed by atoms with E-state index in [0.717, 1.165) is 42.7 Å². The summed E-state index contributed by atoms with van der Waals surface area (Å²) in [6.45, 7) is 6.64. The maximum atomic E-state index is 6.47. The summed E-state index contributed by atoms with van der Waals surface area (Å²) < 4.78 is 0. The minimum absolute atomic E-state index is 0.602. The van der Waals surface area contributed by atoms with E-state index >= 15 is 0 Å². The lowest BCUT2D eigenvalue weighted by Gasteiger charge is -2.46. The van der Waals surface area contributed by atoms with Gasteiger partial charge in [0.05, 0.1) is 0 Å². The van der Waals surface area contributed by atoms with E-state index in [-0.39, 0.29) is 0 Å². The van der Waals surface area contributed by atoms with Crippen LogP contribution in [0.15, 0.2) is 72.8 Å². The SMILES string of the molecule is Cc1ccc(Cl)c(-c2ccc(CN3CCN(C4CCCCC4)C(Cc4ccccc4)C3)cc2)c1. The zero-order valence-electron chi connectivity index (χ0n) is 20.4. The lowest BCUT2D eigenvalue weighted by Crippen LogP contribution is -2.57. The highest BCUT2D eigenvalue weighted by Gasteiger charge is 2.32. The summed E-state index contributed by atoms with van der Waals surface area (Å²) in [6, 6.07) is 27.8. The average Bonchev–Trinajstić information content (AvgIpc) is 2.87. The largest absolute Gasteiger partial charge is 0.296 e. The smallest absolute Gasteiger partial charge is 0.0484 e. The van der Waals surface area contributed by atoms with Gasteiger partial charge in [0.25, 0.3) is 0 Å². The first-order valence-corrected chi connectivity index (χ1v) is 13.4. The van der Waals surface area contributed by atoms with E-state index in [9.17, 15) is 0 Å². The van der Waals surface area contributed by atoms with Crippen molar-refractivity contribution in [3.63, 3.8) is 0 Å². The van der Waals surface area contributed by atoms with Crippen LogP contribution in [0.25, 0.3) is 11.1 Å². The van der Waals surface area contributed by atoms with Crippen LogP contribution in [0, 0.1) is 6.92 Å². The van der Waals surface area contributed by atoms with Crippen LogP contribution in [-0.4, -0.2) is 41.5 Å². The monoisotopic (exact) mass is 472 g/mol. The molecule has 2 nitrogen and oxygen atoms in total. The van der Waals surface area contributed by atoms with E-state index in [1.807, 2.05) is 6.07 Å². The highest BCUT2D eigenvalue weighted by Crippen LogP contribution is 2.30. The van der Waals surface area contributed by atoms with E-state index in [4.69, 9.17) is 11.6 Å². The van der Waals surface area contributed by atoms with Gasteiger partial charge >= 0.3 is 0 Å². The maximum absolute atomic E-state index is 6.47. The number of piperazine rings is 1. The van der Waals surface area contributed by atoms with Crippen LogP contribution in [0.3, 0.4) is 0 Å². The molecule has 0 amide bonds. The molecule has 1 unspecified atom stereocenters. The first kappa shape index (κ1) is 23.6. The molecule has 0 spiro atoms. The van der Waals surface area contributed by atoms with Crippen LogP contribution in [0.4, 0.5) is 0 Å². The zero-order chi connectivity index (χ0) is 23.3. The van der Waals surface area contributed by atoms with Crippen LogP contribution in [0.5, 0.6) is 0 Å². The molecule has 2 aliphatic rings. The number of hydrogen-bond acceptors (Lipinski definition) is 2. The maximum Gasteiger partial charge on any atom is 0.0484 e. The second-order valence-corrected chi connectivity index (χ2v) is 10.7. The summed E-state index contributed by atoms with van der Waals surface area (Å²) in [5, 5.41) is 0.820. The van der Waals surface area contributed by atoms with Crippen LogP contribution in [0.2, 0.25) is 5.02 Å². The van der Waals surface area contributed by atoms with Crippen LogP contribution in [-0.2, 0) is 13.0 Å². The topological polar surface area (TPSA) is 6.48 Å². The van der Waals surface area contributed by atoms with Crippen molar-refractivity contribution in [3.05, 3.63) is 94.5 Å². The van der Waals surface area contributed by atoms with Crippen molar-refractivity contribution < 1.29 is 0 Å². The third-order valence-electron chi connectivity index (χ3n) is 7.76. The normalized spacial score (nSPS) is 20.5. The van der Waals surface area contributed by atoms with Gasteiger partial charge in [-0.05, 0) is 55.0 Å². The Morgan fingerprint density at radius 2 is 1.59 bits per heavy atom. The minimum Gasteiger partial charge on any atom is -0.296 e. The van der Waals surface area contributed by atoms with Gasteiger partial charge in [-0.3, -0.25) is 9.80 Å². The van der Waals surface area contributed by atoms with Crippen molar-refractivity contribution in [2.24, 2.45) is 0 Å². The van der Waals surface area contributed by atoms with Gasteiger partial charge in [-0.1, -0.05) is 97.1 Å². The van der Waals surface area contributed by atoms with Gasteiger partial charge in [0.1, 0.15) is 0 Å². The molecular formula is C31H37ClN2. The average molecular weight is 473 g/mol. The van der Waals surface area contributed by atoms with Crippen molar-refractivity contribution in [2.45, 2.75) is 64.1 Å². The Balaban J connectivity index is 1.28. The van der Waals surface area contributed by atoms with E-state index in [1.54, 1.807) is 0 Å². The van der Waals surface area contributed by atoms with E-state index in [2.05, 4.69) is 83.5 Å². The molecule has 178 valence electrons. The summed E-state index contributed by atoms with van der Waals surface area (Å²) in [6.07, 6.45) is 8.14.